The molecule has 0 aromatic heterocycles. The average molecular weight is 382 g/mol. The molecule has 1 N–H and O–H groups in total. The maximum absolute atomic E-state index is 10.2. The lowest BCUT2D eigenvalue weighted by Crippen LogP contribution is -2.29. The number of aliphatic hydroxyl groups excluding tert-OH is 1. The van der Waals surface area contributed by atoms with Crippen molar-refractivity contribution in [3.63, 3.8) is 0 Å². The van der Waals surface area contributed by atoms with Crippen LogP contribution in [0.3, 0.4) is 0 Å². The van der Waals surface area contributed by atoms with E-state index in [1.165, 1.54) is 5.56 Å². The van der Waals surface area contributed by atoms with Crippen LogP contribution in [0.5, 0.6) is 17.2 Å². The van der Waals surface area contributed by atoms with Crippen LogP contribution in [0.25, 0.3) is 0 Å². The second kappa shape index (κ2) is 7.30. The molecule has 3 heterocycles. The summed E-state index contributed by atoms with van der Waals surface area (Å²) in [5.41, 5.74) is 4.71. The fraction of sp³-hybridized carbons (Fsp3) is 0.478. The van der Waals surface area contributed by atoms with Crippen molar-refractivity contribution in [2.24, 2.45) is 0 Å². The van der Waals surface area contributed by atoms with E-state index in [0.29, 0.717) is 26.1 Å². The molecular weight excluding hydrogens is 356 g/mol. The van der Waals surface area contributed by atoms with Crippen LogP contribution >= 0.6 is 0 Å². The Morgan fingerprint density at radius 2 is 1.82 bits per heavy atom. The lowest BCUT2D eigenvalue weighted by molar-refractivity contribution is -0.0895. The van der Waals surface area contributed by atoms with Crippen molar-refractivity contribution >= 4 is 0 Å². The van der Waals surface area contributed by atoms with Crippen LogP contribution in [0, 0.1) is 0 Å². The minimum absolute atomic E-state index is 0.0660. The van der Waals surface area contributed by atoms with Gasteiger partial charge >= 0.3 is 0 Å². The molecule has 2 aromatic carbocycles. The van der Waals surface area contributed by atoms with Gasteiger partial charge in [0.25, 0.3) is 0 Å². The lowest BCUT2D eigenvalue weighted by atomic mass is 9.91. The Bertz CT molecular complexity index is 868. The average Bonchev–Trinajstić information content (AvgIpc) is 3.16. The van der Waals surface area contributed by atoms with Gasteiger partial charge in [0.1, 0.15) is 19.0 Å². The second-order valence-corrected chi connectivity index (χ2v) is 7.98. The maximum atomic E-state index is 10.2. The molecule has 0 saturated carbocycles. The maximum Gasteiger partial charge on any atom is 0.161 e. The molecule has 3 unspecified atom stereocenters. The minimum Gasteiger partial charge on any atom is -0.493 e. The van der Waals surface area contributed by atoms with Crippen LogP contribution in [0.4, 0.5) is 0 Å². The summed E-state index contributed by atoms with van der Waals surface area (Å²) in [6.07, 6.45) is 2.73. The van der Waals surface area contributed by atoms with Crippen molar-refractivity contribution in [3.05, 3.63) is 52.6 Å². The number of hydrogen-bond acceptors (Lipinski definition) is 5. The van der Waals surface area contributed by atoms with Gasteiger partial charge in [0.2, 0.25) is 0 Å². The fourth-order valence-electron chi connectivity index (χ4n) is 4.48. The van der Waals surface area contributed by atoms with E-state index in [2.05, 4.69) is 24.3 Å². The summed E-state index contributed by atoms with van der Waals surface area (Å²) in [6.45, 7) is 3.94. The zero-order valence-electron chi connectivity index (χ0n) is 16.1. The highest BCUT2D eigenvalue weighted by molar-refractivity contribution is 5.51. The molecule has 0 bridgehead atoms. The zero-order valence-corrected chi connectivity index (χ0v) is 16.1. The highest BCUT2D eigenvalue weighted by atomic mass is 16.6. The van der Waals surface area contributed by atoms with E-state index >= 15 is 0 Å². The Hall–Kier alpha value is -2.24. The van der Waals surface area contributed by atoms with Crippen molar-refractivity contribution in [1.29, 1.82) is 0 Å². The number of fused-ring (bicyclic) bond motifs is 2. The number of aliphatic hydroxyl groups is 1. The van der Waals surface area contributed by atoms with Gasteiger partial charge in [0, 0.05) is 19.3 Å². The Kier molecular flexibility index (Phi) is 4.65. The quantitative estimate of drug-likeness (QED) is 0.879. The molecule has 2 aromatic rings. The largest absolute Gasteiger partial charge is 0.493 e. The molecule has 1 saturated heterocycles. The van der Waals surface area contributed by atoms with Crippen LogP contribution < -0.4 is 14.2 Å². The molecule has 1 fully saturated rings. The topological polar surface area (TPSA) is 57.2 Å². The first-order valence-electron chi connectivity index (χ1n) is 10.2. The number of rotatable bonds is 3. The summed E-state index contributed by atoms with van der Waals surface area (Å²) in [4.78, 5) is 0. The van der Waals surface area contributed by atoms with E-state index in [-0.39, 0.29) is 18.3 Å². The Balaban J connectivity index is 1.46. The van der Waals surface area contributed by atoms with E-state index in [1.54, 1.807) is 0 Å². The van der Waals surface area contributed by atoms with Gasteiger partial charge < -0.3 is 24.1 Å². The van der Waals surface area contributed by atoms with E-state index < -0.39 is 0 Å². The number of benzene rings is 2. The van der Waals surface area contributed by atoms with Gasteiger partial charge in [-0.1, -0.05) is 6.07 Å². The molecule has 3 aliphatic rings. The van der Waals surface area contributed by atoms with E-state index in [1.807, 2.05) is 13.0 Å². The molecule has 5 nitrogen and oxygen atoms in total. The van der Waals surface area contributed by atoms with Gasteiger partial charge in [0.15, 0.2) is 11.5 Å². The second-order valence-electron chi connectivity index (χ2n) is 7.98. The third-order valence-electron chi connectivity index (χ3n) is 5.74. The van der Waals surface area contributed by atoms with Crippen molar-refractivity contribution in [2.75, 3.05) is 19.8 Å². The number of ether oxygens (including phenoxy) is 4. The van der Waals surface area contributed by atoms with Gasteiger partial charge in [0.05, 0.1) is 24.9 Å². The highest BCUT2D eigenvalue weighted by Gasteiger charge is 2.29. The van der Waals surface area contributed by atoms with E-state index in [4.69, 9.17) is 18.9 Å². The summed E-state index contributed by atoms with van der Waals surface area (Å²) in [7, 11) is 0. The highest BCUT2D eigenvalue weighted by Crippen LogP contribution is 2.39. The van der Waals surface area contributed by atoms with Gasteiger partial charge in [-0.05, 0) is 59.9 Å². The van der Waals surface area contributed by atoms with Crippen molar-refractivity contribution < 1.29 is 24.1 Å². The molecule has 0 amide bonds. The molecule has 148 valence electrons. The molecule has 5 rings (SSSR count). The summed E-state index contributed by atoms with van der Waals surface area (Å²) < 4.78 is 23.5. The zero-order chi connectivity index (χ0) is 19.1. The molecular formula is C23H26O5. The van der Waals surface area contributed by atoms with Crippen molar-refractivity contribution in [1.82, 2.24) is 0 Å². The molecule has 28 heavy (non-hydrogen) atoms. The van der Waals surface area contributed by atoms with Crippen LogP contribution in [0.15, 0.2) is 30.3 Å². The third kappa shape index (κ3) is 3.45. The van der Waals surface area contributed by atoms with Crippen molar-refractivity contribution in [2.45, 2.75) is 50.9 Å². The molecule has 0 aliphatic carbocycles. The van der Waals surface area contributed by atoms with Crippen LogP contribution in [0.2, 0.25) is 0 Å². The number of hydrogen-bond donors (Lipinski definition) is 1. The first-order valence-corrected chi connectivity index (χ1v) is 10.2. The predicted octanol–water partition coefficient (Wildman–Crippen LogP) is 3.58. The lowest BCUT2D eigenvalue weighted by Gasteiger charge is -2.32. The standard InChI is InChI=1S/C23H26O5/c1-14-8-19(24)13-21(28-14)17-11-16-4-5-27-23(16)18(12-17)9-15-2-3-20-22(10-15)26-7-6-25-20/h2-3,10-12,14,19,21,24H,4-9,13H2,1H3. The van der Waals surface area contributed by atoms with Gasteiger partial charge in [-0.25, -0.2) is 0 Å². The third-order valence-corrected chi connectivity index (χ3v) is 5.74. The predicted molar refractivity (Wildman–Crippen MR) is 104 cm³/mol. The molecule has 3 atom stereocenters. The summed E-state index contributed by atoms with van der Waals surface area (Å²) in [5, 5.41) is 10.2. The van der Waals surface area contributed by atoms with E-state index in [9.17, 15) is 5.11 Å². The summed E-state index contributed by atoms with van der Waals surface area (Å²) in [5.74, 6) is 2.62. The SMILES string of the molecule is CC1CC(O)CC(c2cc3c(c(Cc4ccc5c(c4)OCCO5)c2)OCC3)O1. The Morgan fingerprint density at radius 1 is 0.964 bits per heavy atom. The van der Waals surface area contributed by atoms with Crippen LogP contribution in [0.1, 0.15) is 48.1 Å². The minimum atomic E-state index is -0.306. The Labute approximate surface area is 165 Å². The molecule has 0 spiro atoms. The Morgan fingerprint density at radius 3 is 2.68 bits per heavy atom. The molecule has 5 heteroatoms. The summed E-state index contributed by atoms with van der Waals surface area (Å²) in [6, 6.07) is 10.5. The van der Waals surface area contributed by atoms with Gasteiger partial charge in [-0.15, -0.1) is 0 Å². The van der Waals surface area contributed by atoms with E-state index in [0.717, 1.165) is 53.4 Å². The smallest absolute Gasteiger partial charge is 0.161 e. The van der Waals surface area contributed by atoms with Gasteiger partial charge in [-0.3, -0.25) is 0 Å². The van der Waals surface area contributed by atoms with Crippen LogP contribution in [-0.4, -0.2) is 37.1 Å². The molecule has 3 aliphatic heterocycles. The summed E-state index contributed by atoms with van der Waals surface area (Å²) >= 11 is 0. The normalized spacial score (nSPS) is 25.9. The van der Waals surface area contributed by atoms with Gasteiger partial charge in [-0.2, -0.15) is 0 Å². The molecule has 0 radical (unpaired) electrons. The first kappa shape index (κ1) is 17.8. The fourth-order valence-corrected chi connectivity index (χ4v) is 4.48. The first-order chi connectivity index (χ1) is 13.7. The monoisotopic (exact) mass is 382 g/mol. The van der Waals surface area contributed by atoms with Crippen molar-refractivity contribution in [3.8, 4) is 17.2 Å². The van der Waals surface area contributed by atoms with Crippen LogP contribution in [-0.2, 0) is 17.6 Å².